The van der Waals surface area contributed by atoms with E-state index in [9.17, 15) is 13.2 Å². The number of thiazole rings is 1. The Balaban J connectivity index is 0.00000320. The average Bonchev–Trinajstić information content (AvgIpc) is 3.24. The predicted octanol–water partition coefficient (Wildman–Crippen LogP) is 4.52. The number of imidazole rings is 1. The topological polar surface area (TPSA) is 63.0 Å². The van der Waals surface area contributed by atoms with Gasteiger partial charge in [0.1, 0.15) is 5.75 Å². The molecule has 2 aromatic heterocycles. The highest BCUT2D eigenvalue weighted by Crippen LogP contribution is 2.24. The second-order valence-electron chi connectivity index (χ2n) is 6.39. The summed E-state index contributed by atoms with van der Waals surface area (Å²) >= 11 is 1.55. The van der Waals surface area contributed by atoms with Crippen LogP contribution >= 0.6 is 35.3 Å². The van der Waals surface area contributed by atoms with Gasteiger partial charge in [0, 0.05) is 29.9 Å². The molecular weight excluding hydrogens is 530 g/mol. The van der Waals surface area contributed by atoms with Crippen molar-refractivity contribution in [3.63, 3.8) is 0 Å². The lowest BCUT2D eigenvalue weighted by Gasteiger charge is -2.14. The first-order chi connectivity index (χ1) is 13.8. The quantitative estimate of drug-likeness (QED) is 0.257. The number of benzene rings is 1. The molecule has 0 saturated heterocycles. The zero-order valence-electron chi connectivity index (χ0n) is 16.5. The van der Waals surface area contributed by atoms with Gasteiger partial charge in [0.25, 0.3) is 0 Å². The van der Waals surface area contributed by atoms with Crippen LogP contribution in [0.4, 0.5) is 13.2 Å². The van der Waals surface area contributed by atoms with E-state index in [0.717, 1.165) is 16.2 Å². The van der Waals surface area contributed by atoms with Gasteiger partial charge in [0.2, 0.25) is 0 Å². The molecule has 0 unspecified atom stereocenters. The molecule has 0 saturated carbocycles. The molecule has 0 aliphatic carbocycles. The van der Waals surface area contributed by atoms with E-state index in [0.29, 0.717) is 24.6 Å². The number of halogens is 4. The van der Waals surface area contributed by atoms with E-state index in [-0.39, 0.29) is 36.3 Å². The fraction of sp³-hybridized carbons (Fsp3) is 0.368. The number of nitrogens with one attached hydrogen (secondary N) is 2. The third-order valence-corrected chi connectivity index (χ3v) is 4.72. The Morgan fingerprint density at radius 2 is 2.10 bits per heavy atom. The minimum atomic E-state index is -4.39. The summed E-state index contributed by atoms with van der Waals surface area (Å²) in [5.74, 6) is 0.738. The number of guanidine groups is 1. The summed E-state index contributed by atoms with van der Waals surface area (Å²) in [5, 5.41) is 8.28. The minimum absolute atomic E-state index is 0. The Bertz CT molecular complexity index is 958. The van der Waals surface area contributed by atoms with Crippen molar-refractivity contribution in [2.24, 2.45) is 4.99 Å². The van der Waals surface area contributed by atoms with Crippen molar-refractivity contribution in [1.82, 2.24) is 20.0 Å². The minimum Gasteiger partial charge on any atom is -0.484 e. The molecule has 0 aliphatic rings. The maximum atomic E-state index is 12.5. The largest absolute Gasteiger partial charge is 0.484 e. The third-order valence-electron chi connectivity index (χ3n) is 3.95. The summed E-state index contributed by atoms with van der Waals surface area (Å²) in [6.45, 7) is 3.72. The molecule has 11 heteroatoms. The monoisotopic (exact) mass is 553 g/mol. The second-order valence-corrected chi connectivity index (χ2v) is 7.26. The molecule has 0 fully saturated rings. The van der Waals surface area contributed by atoms with Gasteiger partial charge < -0.3 is 15.4 Å². The molecule has 2 N–H and O–H groups in total. The highest BCUT2D eigenvalue weighted by Gasteiger charge is 2.28. The lowest BCUT2D eigenvalue weighted by atomic mass is 10.1. The van der Waals surface area contributed by atoms with Crippen LogP contribution in [0.3, 0.4) is 0 Å². The van der Waals surface area contributed by atoms with Crippen LogP contribution in [0.25, 0.3) is 4.96 Å². The first kappa shape index (κ1) is 24.3. The highest BCUT2D eigenvalue weighted by atomic mass is 127. The maximum Gasteiger partial charge on any atom is 0.422 e. The van der Waals surface area contributed by atoms with Crippen molar-refractivity contribution in [1.29, 1.82) is 0 Å². The number of aliphatic imine (C=N–C) groups is 1. The molecule has 3 aromatic rings. The lowest BCUT2D eigenvalue weighted by molar-refractivity contribution is -0.153. The van der Waals surface area contributed by atoms with Crippen LogP contribution in [-0.4, -0.2) is 34.7 Å². The second kappa shape index (κ2) is 10.8. The van der Waals surface area contributed by atoms with Crippen LogP contribution < -0.4 is 15.4 Å². The molecule has 0 amide bonds. The van der Waals surface area contributed by atoms with E-state index in [1.807, 2.05) is 35.2 Å². The van der Waals surface area contributed by atoms with E-state index in [2.05, 4.69) is 20.6 Å². The molecule has 0 bridgehead atoms. The zero-order valence-corrected chi connectivity index (χ0v) is 19.6. The van der Waals surface area contributed by atoms with Crippen LogP contribution in [-0.2, 0) is 13.1 Å². The fourth-order valence-corrected chi connectivity index (χ4v) is 3.35. The average molecular weight is 553 g/mol. The van der Waals surface area contributed by atoms with Gasteiger partial charge >= 0.3 is 6.18 Å². The van der Waals surface area contributed by atoms with Crippen LogP contribution in [0, 0.1) is 6.92 Å². The standard InChI is InChI=1S/C19H22F3N5OS.HI/c1-3-23-17(25-10-15-11-27-6-7-29-18(27)26-15)24-9-14-5-4-13(2)8-16(14)28-12-19(20,21)22;/h4-8,11H,3,9-10,12H2,1-2H3,(H2,23,24,25);1H. The van der Waals surface area contributed by atoms with E-state index in [1.54, 1.807) is 30.4 Å². The molecule has 0 radical (unpaired) electrons. The normalized spacial score (nSPS) is 12.0. The molecule has 0 atom stereocenters. The van der Waals surface area contributed by atoms with Gasteiger partial charge in [-0.2, -0.15) is 13.2 Å². The maximum absolute atomic E-state index is 12.5. The summed E-state index contributed by atoms with van der Waals surface area (Å²) in [7, 11) is 0. The molecule has 2 heterocycles. The van der Waals surface area contributed by atoms with Gasteiger partial charge in [-0.15, -0.1) is 35.3 Å². The Kier molecular flexibility index (Phi) is 8.77. The van der Waals surface area contributed by atoms with Gasteiger partial charge in [0.05, 0.1) is 18.8 Å². The van der Waals surface area contributed by atoms with Crippen LogP contribution in [0.1, 0.15) is 23.7 Å². The Morgan fingerprint density at radius 1 is 1.30 bits per heavy atom. The molecule has 164 valence electrons. The zero-order chi connectivity index (χ0) is 20.9. The van der Waals surface area contributed by atoms with Crippen LogP contribution in [0.5, 0.6) is 5.75 Å². The van der Waals surface area contributed by atoms with E-state index in [4.69, 9.17) is 4.74 Å². The predicted molar refractivity (Wildman–Crippen MR) is 123 cm³/mol. The van der Waals surface area contributed by atoms with Crippen molar-refractivity contribution in [3.05, 3.63) is 52.8 Å². The number of nitrogens with zero attached hydrogens (tertiary/aromatic N) is 3. The molecule has 0 aliphatic heterocycles. The lowest BCUT2D eigenvalue weighted by Crippen LogP contribution is -2.36. The number of hydrogen-bond donors (Lipinski definition) is 2. The Morgan fingerprint density at radius 3 is 2.80 bits per heavy atom. The smallest absolute Gasteiger partial charge is 0.422 e. The van der Waals surface area contributed by atoms with Crippen LogP contribution in [0.15, 0.2) is 41.0 Å². The third kappa shape index (κ3) is 7.04. The number of alkyl halides is 3. The van der Waals surface area contributed by atoms with Gasteiger partial charge in [-0.1, -0.05) is 12.1 Å². The number of rotatable bonds is 7. The van der Waals surface area contributed by atoms with Crippen molar-refractivity contribution < 1.29 is 17.9 Å². The summed E-state index contributed by atoms with van der Waals surface area (Å²) < 4.78 is 44.5. The number of aromatic nitrogens is 2. The summed E-state index contributed by atoms with van der Waals surface area (Å²) in [4.78, 5) is 9.89. The Labute approximate surface area is 193 Å². The molecule has 30 heavy (non-hydrogen) atoms. The first-order valence-corrected chi connectivity index (χ1v) is 9.94. The van der Waals surface area contributed by atoms with E-state index < -0.39 is 12.8 Å². The number of fused-ring (bicyclic) bond motifs is 1. The van der Waals surface area contributed by atoms with E-state index in [1.165, 1.54) is 0 Å². The van der Waals surface area contributed by atoms with Crippen LogP contribution in [0.2, 0.25) is 0 Å². The summed E-state index contributed by atoms with van der Waals surface area (Å²) in [5.41, 5.74) is 2.27. The Hall–Kier alpha value is -2.02. The molecule has 0 spiro atoms. The number of aryl methyl sites for hydroxylation is 1. The van der Waals surface area contributed by atoms with Gasteiger partial charge in [-0.25, -0.2) is 9.98 Å². The summed E-state index contributed by atoms with van der Waals surface area (Å²) in [6.07, 6.45) is -0.514. The van der Waals surface area contributed by atoms with Crippen molar-refractivity contribution >= 4 is 46.2 Å². The van der Waals surface area contributed by atoms with Crippen molar-refractivity contribution in [2.45, 2.75) is 33.1 Å². The SMILES string of the molecule is CCNC(=NCc1ccc(C)cc1OCC(F)(F)F)NCc1cn2ccsc2n1.I. The van der Waals surface area contributed by atoms with Gasteiger partial charge in [0.15, 0.2) is 17.5 Å². The van der Waals surface area contributed by atoms with E-state index >= 15 is 0 Å². The number of hydrogen-bond acceptors (Lipinski definition) is 4. The van der Waals surface area contributed by atoms with Gasteiger partial charge in [-0.3, -0.25) is 4.40 Å². The van der Waals surface area contributed by atoms with Crippen molar-refractivity contribution in [3.8, 4) is 5.75 Å². The number of ether oxygens (including phenoxy) is 1. The van der Waals surface area contributed by atoms with Gasteiger partial charge in [-0.05, 0) is 25.5 Å². The fourth-order valence-electron chi connectivity index (χ4n) is 2.63. The summed E-state index contributed by atoms with van der Waals surface area (Å²) in [6, 6.07) is 5.15. The molecule has 1 aromatic carbocycles. The van der Waals surface area contributed by atoms with Crippen molar-refractivity contribution in [2.75, 3.05) is 13.2 Å². The highest BCUT2D eigenvalue weighted by molar-refractivity contribution is 14.0. The molecule has 3 rings (SSSR count). The molecule has 6 nitrogen and oxygen atoms in total. The first-order valence-electron chi connectivity index (χ1n) is 9.06. The molecular formula is C19H23F3IN5OS.